The Morgan fingerprint density at radius 1 is 0.909 bits per heavy atom. The van der Waals surface area contributed by atoms with Crippen LogP contribution in [-0.2, 0) is 32.7 Å². The van der Waals surface area contributed by atoms with Crippen molar-refractivity contribution in [3.05, 3.63) is 0 Å². The maximum atomic E-state index is 12.2. The average Bonchev–Trinajstić information content (AvgIpc) is 2.67. The van der Waals surface area contributed by atoms with Gasteiger partial charge in [0.05, 0.1) is 25.7 Å². The number of ether oxygens (including phenoxy) is 3. The summed E-state index contributed by atoms with van der Waals surface area (Å²) in [5.41, 5.74) is 0. The van der Waals surface area contributed by atoms with Crippen LogP contribution in [0.5, 0.6) is 0 Å². The van der Waals surface area contributed by atoms with Gasteiger partial charge in [0.1, 0.15) is 24.4 Å². The van der Waals surface area contributed by atoms with Crippen LogP contribution in [0.15, 0.2) is 0 Å². The summed E-state index contributed by atoms with van der Waals surface area (Å²) in [6.07, 6.45) is -0.260. The van der Waals surface area contributed by atoms with E-state index < -0.39 is 41.1 Å². The predicted molar refractivity (Wildman–Crippen MR) is 133 cm³/mol. The van der Waals surface area contributed by atoms with Crippen LogP contribution in [0.25, 0.3) is 0 Å². The average molecular weight is 503 g/mol. The summed E-state index contributed by atoms with van der Waals surface area (Å²) in [7, 11) is -3.11. The first-order valence-corrected chi connectivity index (χ1v) is 17.9. The van der Waals surface area contributed by atoms with Crippen LogP contribution in [0.3, 0.4) is 0 Å². The summed E-state index contributed by atoms with van der Waals surface area (Å²) in [5.74, 6) is -0.295. The second-order valence-electron chi connectivity index (χ2n) is 12.5. The van der Waals surface area contributed by atoms with Crippen LogP contribution in [0, 0.1) is 0 Å². The van der Waals surface area contributed by atoms with Crippen molar-refractivity contribution in [1.82, 2.24) is 0 Å². The number of carbonyl (C=O) groups excluding carboxylic acids is 2. The molecule has 0 N–H and O–H groups in total. The first-order chi connectivity index (χ1) is 14.9. The summed E-state index contributed by atoms with van der Waals surface area (Å²) in [5, 5.41) is -0.0707. The van der Waals surface area contributed by atoms with Gasteiger partial charge in [-0.25, -0.2) is 0 Å². The van der Waals surface area contributed by atoms with Gasteiger partial charge in [-0.05, 0) is 49.1 Å². The summed E-state index contributed by atoms with van der Waals surface area (Å²) < 4.78 is 31.3. The Bertz CT molecular complexity index is 696. The zero-order chi connectivity index (χ0) is 25.4. The lowest BCUT2D eigenvalue weighted by atomic mass is 9.89. The highest BCUT2D eigenvalue weighted by atomic mass is 28.4. The Labute approximate surface area is 202 Å². The first-order valence-electron chi connectivity index (χ1n) is 12.1. The molecule has 2 aliphatic heterocycles. The van der Waals surface area contributed by atoms with Crippen molar-refractivity contribution >= 4 is 28.9 Å². The molecule has 0 spiro atoms. The number of hydrogen-bond acceptors (Lipinski definition) is 7. The van der Waals surface area contributed by atoms with Gasteiger partial charge in [0, 0.05) is 0 Å². The van der Waals surface area contributed by atoms with Crippen LogP contribution >= 0.6 is 0 Å². The number of esters is 1. The zero-order valence-corrected chi connectivity index (χ0v) is 24.5. The Balaban J connectivity index is 2.45. The normalized spacial score (nSPS) is 31.6. The van der Waals surface area contributed by atoms with E-state index >= 15 is 0 Å². The van der Waals surface area contributed by atoms with Crippen molar-refractivity contribution in [2.45, 2.75) is 134 Å². The maximum absolute atomic E-state index is 12.2. The van der Waals surface area contributed by atoms with E-state index in [1.807, 2.05) is 0 Å². The first kappa shape index (κ1) is 28.6. The molecule has 0 aromatic carbocycles. The van der Waals surface area contributed by atoms with Crippen LogP contribution in [0.1, 0.15) is 60.8 Å². The van der Waals surface area contributed by atoms with E-state index in [0.29, 0.717) is 12.8 Å². The molecule has 0 bridgehead atoms. The summed E-state index contributed by atoms with van der Waals surface area (Å²) in [4.78, 5) is 24.1. The third-order valence-corrected chi connectivity index (χ3v) is 17.0. The lowest BCUT2D eigenvalue weighted by molar-refractivity contribution is -0.250. The van der Waals surface area contributed by atoms with Gasteiger partial charge in [0.2, 0.25) is 0 Å². The van der Waals surface area contributed by atoms with Crippen molar-refractivity contribution < 1.29 is 32.7 Å². The molecule has 2 fully saturated rings. The maximum Gasteiger partial charge on any atom is 0.308 e. The molecule has 0 radical (unpaired) electrons. The largest absolute Gasteiger partial charge is 0.469 e. The SMILES string of the molecule is COC(=O)C[C@H]1CC[C@@H]2O[C@@H](C=O)C(O[Si](C)(C)C(C)(C)C)C(O[Si](C)(C)C(C)(C)C)[C@H]2O1. The number of hydrogen-bond donors (Lipinski definition) is 0. The highest BCUT2D eigenvalue weighted by Crippen LogP contribution is 2.44. The Morgan fingerprint density at radius 2 is 1.42 bits per heavy atom. The number of aldehydes is 1. The standard InChI is InChI=1S/C24H46O7Si2/c1-23(2,3)32(8,9)30-21-18(15-25)29-17-13-12-16(14-19(26)27-7)28-20(17)22(21)31-33(10,11)24(4,5)6/h15-18,20-22H,12-14H2,1-11H3/t16-,17+,18+,20+,21?,22?/m1/s1. The van der Waals surface area contributed by atoms with Gasteiger partial charge in [-0.1, -0.05) is 41.5 Å². The van der Waals surface area contributed by atoms with E-state index in [1.165, 1.54) is 7.11 Å². The molecule has 0 aliphatic carbocycles. The fourth-order valence-corrected chi connectivity index (χ4v) is 6.42. The van der Waals surface area contributed by atoms with Gasteiger partial charge in [-0.15, -0.1) is 0 Å². The van der Waals surface area contributed by atoms with Crippen molar-refractivity contribution in [2.75, 3.05) is 7.11 Å². The number of fused-ring (bicyclic) bond motifs is 1. The molecule has 7 nitrogen and oxygen atoms in total. The molecule has 6 atom stereocenters. The van der Waals surface area contributed by atoms with E-state index in [1.54, 1.807) is 0 Å². The third kappa shape index (κ3) is 6.55. The molecule has 2 unspecified atom stereocenters. The van der Waals surface area contributed by atoms with E-state index in [-0.39, 0.29) is 34.7 Å². The Kier molecular flexibility index (Phi) is 8.84. The van der Waals surface area contributed by atoms with Gasteiger partial charge >= 0.3 is 5.97 Å². The molecule has 0 aromatic heterocycles. The van der Waals surface area contributed by atoms with E-state index in [9.17, 15) is 9.59 Å². The molecule has 9 heteroatoms. The van der Waals surface area contributed by atoms with E-state index in [0.717, 1.165) is 6.29 Å². The third-order valence-electron chi connectivity index (χ3n) is 8.02. The Hall–Kier alpha value is -0.586. The van der Waals surface area contributed by atoms with Crippen LogP contribution in [-0.4, -0.2) is 72.6 Å². The summed E-state index contributed by atoms with van der Waals surface area (Å²) in [6.45, 7) is 21.9. The lowest BCUT2D eigenvalue weighted by Crippen LogP contribution is -2.67. The van der Waals surface area contributed by atoms with E-state index in [2.05, 4.69) is 67.7 Å². The van der Waals surface area contributed by atoms with Crippen LogP contribution in [0.2, 0.25) is 36.3 Å². The zero-order valence-electron chi connectivity index (χ0n) is 22.5. The second kappa shape index (κ2) is 10.2. The molecule has 0 aromatic rings. The molecule has 2 heterocycles. The summed E-state index contributed by atoms with van der Waals surface area (Å²) in [6, 6.07) is 0. The topological polar surface area (TPSA) is 80.3 Å². The molecule has 2 aliphatic rings. The smallest absolute Gasteiger partial charge is 0.308 e. The molecule has 2 rings (SSSR count). The fourth-order valence-electron chi connectivity index (χ4n) is 3.81. The van der Waals surface area contributed by atoms with Gasteiger partial charge < -0.3 is 27.9 Å². The monoisotopic (exact) mass is 502 g/mol. The van der Waals surface area contributed by atoms with E-state index in [4.69, 9.17) is 23.1 Å². The van der Waals surface area contributed by atoms with Crippen LogP contribution < -0.4 is 0 Å². The number of rotatable bonds is 7. The molecule has 0 saturated carbocycles. The van der Waals surface area contributed by atoms with Crippen molar-refractivity contribution in [1.29, 1.82) is 0 Å². The minimum Gasteiger partial charge on any atom is -0.469 e. The Morgan fingerprint density at radius 3 is 1.88 bits per heavy atom. The molecule has 2 saturated heterocycles. The van der Waals surface area contributed by atoms with Gasteiger partial charge in [0.25, 0.3) is 0 Å². The van der Waals surface area contributed by atoms with Crippen molar-refractivity contribution in [3.63, 3.8) is 0 Å². The highest BCUT2D eigenvalue weighted by molar-refractivity contribution is 6.74. The molecule has 192 valence electrons. The molecule has 0 amide bonds. The number of carbonyl (C=O) groups is 2. The highest BCUT2D eigenvalue weighted by Gasteiger charge is 2.55. The van der Waals surface area contributed by atoms with Gasteiger partial charge in [0.15, 0.2) is 22.9 Å². The van der Waals surface area contributed by atoms with Gasteiger partial charge in [-0.2, -0.15) is 0 Å². The second-order valence-corrected chi connectivity index (χ2v) is 22.1. The minimum absolute atomic E-state index is 0.0287. The molecular formula is C24H46O7Si2. The quantitative estimate of drug-likeness (QED) is 0.280. The molecular weight excluding hydrogens is 456 g/mol. The predicted octanol–water partition coefficient (Wildman–Crippen LogP) is 4.84. The fraction of sp³-hybridized carbons (Fsp3) is 0.917. The summed E-state index contributed by atoms with van der Waals surface area (Å²) >= 11 is 0. The number of methoxy groups -OCH3 is 1. The minimum atomic E-state index is -2.25. The molecule has 33 heavy (non-hydrogen) atoms. The van der Waals surface area contributed by atoms with Crippen molar-refractivity contribution in [2.24, 2.45) is 0 Å². The lowest BCUT2D eigenvalue weighted by Gasteiger charge is -2.53. The van der Waals surface area contributed by atoms with Crippen LogP contribution in [0.4, 0.5) is 0 Å². The van der Waals surface area contributed by atoms with Gasteiger partial charge in [-0.3, -0.25) is 4.79 Å². The van der Waals surface area contributed by atoms with Crippen molar-refractivity contribution in [3.8, 4) is 0 Å².